The van der Waals surface area contributed by atoms with Crippen LogP contribution in [-0.2, 0) is 20.2 Å². The summed E-state index contributed by atoms with van der Waals surface area (Å²) in [7, 11) is -3.94. The van der Waals surface area contributed by atoms with E-state index in [1.54, 1.807) is 6.07 Å². The van der Waals surface area contributed by atoms with Crippen molar-refractivity contribution in [3.05, 3.63) is 59.7 Å². The molecule has 204 valence electrons. The van der Waals surface area contributed by atoms with Gasteiger partial charge in [-0.15, -0.1) is 0 Å². The third kappa shape index (κ3) is 4.16. The van der Waals surface area contributed by atoms with Crippen molar-refractivity contribution in [1.29, 1.82) is 0 Å². The number of hydrogen-bond acceptors (Lipinski definition) is 5. The first-order valence-corrected chi connectivity index (χ1v) is 14.9. The van der Waals surface area contributed by atoms with E-state index in [9.17, 15) is 22.0 Å². The van der Waals surface area contributed by atoms with E-state index in [1.807, 2.05) is 11.8 Å². The molecule has 2 aromatic rings. The van der Waals surface area contributed by atoms with Crippen molar-refractivity contribution in [3.8, 4) is 0 Å². The highest BCUT2D eigenvalue weighted by Crippen LogP contribution is 2.50. The van der Waals surface area contributed by atoms with Gasteiger partial charge in [0.1, 0.15) is 11.6 Å². The number of amides is 1. The molecule has 2 unspecified atom stereocenters. The van der Waals surface area contributed by atoms with Gasteiger partial charge in [-0.1, -0.05) is 0 Å². The molecule has 4 aliphatic rings. The minimum atomic E-state index is -3.94. The first-order chi connectivity index (χ1) is 18.2. The van der Waals surface area contributed by atoms with E-state index in [0.29, 0.717) is 31.2 Å². The molecule has 2 bridgehead atoms. The Morgan fingerprint density at radius 3 is 2.24 bits per heavy atom. The Morgan fingerprint density at radius 1 is 0.974 bits per heavy atom. The lowest BCUT2D eigenvalue weighted by molar-refractivity contribution is 0.0283. The van der Waals surface area contributed by atoms with Crippen LogP contribution < -0.4 is 4.31 Å². The Labute approximate surface area is 222 Å². The van der Waals surface area contributed by atoms with Gasteiger partial charge < -0.3 is 14.5 Å². The minimum Gasteiger partial charge on any atom is -0.450 e. The molecule has 2 atom stereocenters. The van der Waals surface area contributed by atoms with Gasteiger partial charge in [0.15, 0.2) is 0 Å². The number of carbonyl (C=O) groups excluding carboxylic acids is 1. The molecule has 0 aromatic heterocycles. The molecule has 1 spiro atoms. The van der Waals surface area contributed by atoms with Crippen molar-refractivity contribution in [2.45, 2.75) is 73.9 Å². The number of hydrogen-bond donors (Lipinski definition) is 0. The second-order valence-corrected chi connectivity index (χ2v) is 12.9. The Morgan fingerprint density at radius 2 is 1.61 bits per heavy atom. The van der Waals surface area contributed by atoms with Gasteiger partial charge >= 0.3 is 6.09 Å². The lowest BCUT2D eigenvalue weighted by Crippen LogP contribution is -2.55. The fourth-order valence-corrected chi connectivity index (χ4v) is 8.80. The van der Waals surface area contributed by atoms with Crippen LogP contribution >= 0.6 is 0 Å². The number of sulfonamides is 1. The van der Waals surface area contributed by atoms with Crippen LogP contribution in [0.2, 0.25) is 0 Å². The first kappa shape index (κ1) is 25.6. The molecule has 3 saturated heterocycles. The van der Waals surface area contributed by atoms with E-state index >= 15 is 0 Å². The highest BCUT2D eigenvalue weighted by atomic mass is 32.2. The molecule has 3 fully saturated rings. The fourth-order valence-electron chi connectivity index (χ4n) is 7.23. The maximum atomic E-state index is 14.4. The summed E-state index contributed by atoms with van der Waals surface area (Å²) in [4.78, 5) is 16.9. The van der Waals surface area contributed by atoms with Gasteiger partial charge in [-0.2, -0.15) is 0 Å². The number of likely N-dealkylation sites (tertiary alicyclic amines) is 1. The molecule has 4 heterocycles. The smallest absolute Gasteiger partial charge is 0.410 e. The second-order valence-electron chi connectivity index (χ2n) is 11.1. The summed E-state index contributed by atoms with van der Waals surface area (Å²) >= 11 is 0. The van der Waals surface area contributed by atoms with Gasteiger partial charge in [0.25, 0.3) is 10.0 Å². The molecule has 7 nitrogen and oxygen atoms in total. The van der Waals surface area contributed by atoms with Crippen molar-refractivity contribution in [3.63, 3.8) is 0 Å². The van der Waals surface area contributed by atoms with E-state index in [4.69, 9.17) is 4.74 Å². The zero-order valence-electron chi connectivity index (χ0n) is 21.5. The Kier molecular flexibility index (Phi) is 6.38. The van der Waals surface area contributed by atoms with Gasteiger partial charge in [-0.3, -0.25) is 4.31 Å². The number of piperidine rings is 2. The Bertz CT molecular complexity index is 1310. The van der Waals surface area contributed by atoms with Crippen LogP contribution in [0.1, 0.15) is 51.0 Å². The van der Waals surface area contributed by atoms with Crippen molar-refractivity contribution in [2.24, 2.45) is 0 Å². The molecule has 0 saturated carbocycles. The molecule has 10 heteroatoms. The molecule has 38 heavy (non-hydrogen) atoms. The van der Waals surface area contributed by atoms with Crippen LogP contribution in [-0.4, -0.2) is 68.7 Å². The average molecular weight is 546 g/mol. The topological polar surface area (TPSA) is 70.2 Å². The molecule has 2 aromatic carbocycles. The van der Waals surface area contributed by atoms with E-state index in [-0.39, 0.29) is 35.4 Å². The number of ether oxygens (including phenoxy) is 1. The van der Waals surface area contributed by atoms with Gasteiger partial charge in [-0.05, 0) is 107 Å². The van der Waals surface area contributed by atoms with Crippen LogP contribution in [0, 0.1) is 11.6 Å². The van der Waals surface area contributed by atoms with Crippen molar-refractivity contribution in [2.75, 3.05) is 30.5 Å². The number of nitrogens with zero attached hydrogens (tertiary/aromatic N) is 3. The monoisotopic (exact) mass is 545 g/mol. The SMILES string of the molecule is CCOC(=O)N1C2CCC1CC(N1CCC3(CC1)CN(S(=O)(=O)c1ccc(F)cc1)c1ccc(F)cc13)C2. The third-order valence-corrected chi connectivity index (χ3v) is 10.9. The summed E-state index contributed by atoms with van der Waals surface area (Å²) in [5, 5.41) is 0. The van der Waals surface area contributed by atoms with Crippen molar-refractivity contribution >= 4 is 21.8 Å². The number of carbonyl (C=O) groups is 1. The average Bonchev–Trinajstić information content (AvgIpc) is 3.36. The summed E-state index contributed by atoms with van der Waals surface area (Å²) < 4.78 is 61.8. The van der Waals surface area contributed by atoms with Gasteiger partial charge in [0.2, 0.25) is 0 Å². The number of rotatable bonds is 4. The Hall–Kier alpha value is -2.72. The quantitative estimate of drug-likeness (QED) is 0.559. The van der Waals surface area contributed by atoms with E-state index in [0.717, 1.165) is 56.5 Å². The first-order valence-electron chi connectivity index (χ1n) is 13.5. The maximum Gasteiger partial charge on any atom is 0.410 e. The van der Waals surface area contributed by atoms with Crippen LogP contribution in [0.3, 0.4) is 0 Å². The molecular weight excluding hydrogens is 512 g/mol. The summed E-state index contributed by atoms with van der Waals surface area (Å²) in [6.45, 7) is 4.01. The van der Waals surface area contributed by atoms with E-state index in [1.165, 1.54) is 28.6 Å². The van der Waals surface area contributed by atoms with Crippen LogP contribution in [0.15, 0.2) is 47.4 Å². The zero-order valence-corrected chi connectivity index (χ0v) is 22.3. The normalized spacial score (nSPS) is 26.6. The molecule has 0 aliphatic carbocycles. The number of fused-ring (bicyclic) bond motifs is 4. The highest BCUT2D eigenvalue weighted by Gasteiger charge is 2.51. The summed E-state index contributed by atoms with van der Waals surface area (Å²) in [5.41, 5.74) is 0.760. The predicted molar refractivity (Wildman–Crippen MR) is 139 cm³/mol. The third-order valence-electron chi connectivity index (χ3n) is 9.10. The van der Waals surface area contributed by atoms with Crippen LogP contribution in [0.25, 0.3) is 0 Å². The molecular formula is C28H33F2N3O4S. The molecule has 0 radical (unpaired) electrons. The predicted octanol–water partition coefficient (Wildman–Crippen LogP) is 4.66. The van der Waals surface area contributed by atoms with E-state index < -0.39 is 21.3 Å². The standard InChI is InChI=1S/C28H33F2N3O4S/c1-2-37-27(34)33-21-6-7-22(33)17-23(16-21)31-13-11-28(12-14-31)18-32(26-10-5-20(30)15-25(26)28)38(35,36)24-8-3-19(29)4-9-24/h3-5,8-10,15,21-23H,2,6-7,11-14,16-18H2,1H3. The fraction of sp³-hybridized carbons (Fsp3) is 0.536. The van der Waals surface area contributed by atoms with Gasteiger partial charge in [-0.25, -0.2) is 22.0 Å². The van der Waals surface area contributed by atoms with Crippen molar-refractivity contribution < 1.29 is 26.7 Å². The second kappa shape index (κ2) is 9.48. The lowest BCUT2D eigenvalue weighted by atomic mass is 9.73. The lowest BCUT2D eigenvalue weighted by Gasteiger charge is -2.47. The highest BCUT2D eigenvalue weighted by molar-refractivity contribution is 7.92. The largest absolute Gasteiger partial charge is 0.450 e. The number of anilines is 1. The minimum absolute atomic E-state index is 0.0208. The van der Waals surface area contributed by atoms with Gasteiger partial charge in [0, 0.05) is 30.1 Å². The van der Waals surface area contributed by atoms with Crippen LogP contribution in [0.5, 0.6) is 0 Å². The van der Waals surface area contributed by atoms with Crippen molar-refractivity contribution in [1.82, 2.24) is 9.80 Å². The summed E-state index contributed by atoms with van der Waals surface area (Å²) in [6, 6.07) is 9.94. The number of halogens is 2. The van der Waals surface area contributed by atoms with Gasteiger partial charge in [0.05, 0.1) is 17.2 Å². The van der Waals surface area contributed by atoms with Crippen LogP contribution in [0.4, 0.5) is 19.3 Å². The molecule has 4 aliphatic heterocycles. The Balaban J connectivity index is 1.21. The molecule has 1 amide bonds. The molecule has 0 N–H and O–H groups in total. The zero-order chi connectivity index (χ0) is 26.7. The molecule has 6 rings (SSSR count). The maximum absolute atomic E-state index is 14.4. The van der Waals surface area contributed by atoms with E-state index in [2.05, 4.69) is 4.90 Å². The summed E-state index contributed by atoms with van der Waals surface area (Å²) in [6.07, 6.45) is 5.06. The summed E-state index contributed by atoms with van der Waals surface area (Å²) in [5.74, 6) is -0.882. The number of benzene rings is 2.